The molecule has 2 atom stereocenters. The van der Waals surface area contributed by atoms with Gasteiger partial charge in [-0.15, -0.1) is 11.6 Å². The van der Waals surface area contributed by atoms with Crippen LogP contribution in [0.2, 0.25) is 0 Å². The fourth-order valence-corrected chi connectivity index (χ4v) is 2.22. The maximum Gasteiger partial charge on any atom is 0.253 e. The van der Waals surface area contributed by atoms with Gasteiger partial charge in [-0.25, -0.2) is 0 Å². The summed E-state index contributed by atoms with van der Waals surface area (Å²) in [5.41, 5.74) is 1.79. The van der Waals surface area contributed by atoms with Gasteiger partial charge in [-0.2, -0.15) is 0 Å². The fraction of sp³-hybridized carbons (Fsp3) is 0.500. The number of carbonyl (C=O) groups is 1. The Morgan fingerprint density at radius 1 is 1.41 bits per heavy atom. The van der Waals surface area contributed by atoms with E-state index in [4.69, 9.17) is 11.6 Å². The Kier molecular flexibility index (Phi) is 3.72. The quantitative estimate of drug-likeness (QED) is 0.753. The van der Waals surface area contributed by atoms with Crippen LogP contribution in [0.3, 0.4) is 0 Å². The Morgan fingerprint density at radius 2 is 2.00 bits per heavy atom. The molecule has 0 heterocycles. The zero-order valence-electron chi connectivity index (χ0n) is 10.3. The van der Waals surface area contributed by atoms with Gasteiger partial charge in [0.15, 0.2) is 0 Å². The van der Waals surface area contributed by atoms with E-state index < -0.39 is 0 Å². The molecule has 2 unspecified atom stereocenters. The normalized spacial score (nSPS) is 22.3. The molecule has 0 saturated heterocycles. The van der Waals surface area contributed by atoms with Crippen LogP contribution in [0.1, 0.15) is 29.3 Å². The molecule has 1 amide bonds. The van der Waals surface area contributed by atoms with Gasteiger partial charge < -0.3 is 4.90 Å². The molecular weight excluding hydrogens is 234 g/mol. The summed E-state index contributed by atoms with van der Waals surface area (Å²) in [4.78, 5) is 13.9. The van der Waals surface area contributed by atoms with E-state index in [1.165, 1.54) is 6.42 Å². The molecule has 3 heteroatoms. The van der Waals surface area contributed by atoms with Crippen LogP contribution in [0.5, 0.6) is 0 Å². The van der Waals surface area contributed by atoms with E-state index in [1.807, 2.05) is 36.2 Å². The van der Waals surface area contributed by atoms with Gasteiger partial charge in [0.1, 0.15) is 0 Å². The van der Waals surface area contributed by atoms with E-state index in [-0.39, 0.29) is 5.91 Å². The molecule has 0 N–H and O–H groups in total. The van der Waals surface area contributed by atoms with Crippen molar-refractivity contribution in [2.24, 2.45) is 11.8 Å². The number of rotatable bonds is 4. The first-order chi connectivity index (χ1) is 8.11. The summed E-state index contributed by atoms with van der Waals surface area (Å²) < 4.78 is 0. The minimum Gasteiger partial charge on any atom is -0.341 e. The molecule has 0 aromatic heterocycles. The summed E-state index contributed by atoms with van der Waals surface area (Å²) in [5.74, 6) is 2.07. The Hall–Kier alpha value is -1.02. The van der Waals surface area contributed by atoms with Crippen molar-refractivity contribution in [2.45, 2.75) is 19.2 Å². The van der Waals surface area contributed by atoms with Crippen molar-refractivity contribution < 1.29 is 4.79 Å². The fourth-order valence-electron chi connectivity index (χ4n) is 2.04. The van der Waals surface area contributed by atoms with Gasteiger partial charge in [0.2, 0.25) is 0 Å². The van der Waals surface area contributed by atoms with Crippen molar-refractivity contribution in [3.05, 3.63) is 35.4 Å². The summed E-state index contributed by atoms with van der Waals surface area (Å²) in [6.45, 7) is 3.11. The largest absolute Gasteiger partial charge is 0.341 e. The van der Waals surface area contributed by atoms with Crippen molar-refractivity contribution in [1.82, 2.24) is 4.90 Å². The third kappa shape index (κ3) is 3.01. The molecule has 0 bridgehead atoms. The Balaban J connectivity index is 1.97. The van der Waals surface area contributed by atoms with Crippen molar-refractivity contribution >= 4 is 17.5 Å². The minimum atomic E-state index is 0.102. The highest BCUT2D eigenvalue weighted by Crippen LogP contribution is 2.38. The molecule has 1 fully saturated rings. The van der Waals surface area contributed by atoms with E-state index in [1.54, 1.807) is 0 Å². The minimum absolute atomic E-state index is 0.102. The number of halogens is 1. The third-order valence-electron chi connectivity index (χ3n) is 3.49. The van der Waals surface area contributed by atoms with Crippen molar-refractivity contribution in [3.63, 3.8) is 0 Å². The number of hydrogen-bond acceptors (Lipinski definition) is 1. The molecule has 1 aromatic rings. The molecule has 0 aliphatic heterocycles. The summed E-state index contributed by atoms with van der Waals surface area (Å²) in [5, 5.41) is 0. The lowest BCUT2D eigenvalue weighted by Crippen LogP contribution is -2.29. The lowest BCUT2D eigenvalue weighted by atomic mass is 10.1. The molecule has 0 spiro atoms. The standard InChI is InChI=1S/C14H18ClNO/c1-10-7-13(10)9-16(2)14(17)12-5-3-11(8-15)4-6-12/h3-6,10,13H,7-9H2,1-2H3. The number of amides is 1. The highest BCUT2D eigenvalue weighted by atomic mass is 35.5. The van der Waals surface area contributed by atoms with Crippen LogP contribution in [0.25, 0.3) is 0 Å². The molecule has 1 saturated carbocycles. The molecule has 1 aliphatic carbocycles. The van der Waals surface area contributed by atoms with Crippen LogP contribution >= 0.6 is 11.6 Å². The van der Waals surface area contributed by atoms with Crippen LogP contribution in [0.4, 0.5) is 0 Å². The summed E-state index contributed by atoms with van der Waals surface area (Å²) in [7, 11) is 1.88. The third-order valence-corrected chi connectivity index (χ3v) is 3.80. The van der Waals surface area contributed by atoms with Crippen LogP contribution < -0.4 is 0 Å². The lowest BCUT2D eigenvalue weighted by Gasteiger charge is -2.17. The molecular formula is C14H18ClNO. The lowest BCUT2D eigenvalue weighted by molar-refractivity contribution is 0.0787. The van der Waals surface area contributed by atoms with Crippen LogP contribution in [0, 0.1) is 11.8 Å². The molecule has 92 valence electrons. The highest BCUT2D eigenvalue weighted by Gasteiger charge is 2.34. The van der Waals surface area contributed by atoms with E-state index in [0.717, 1.165) is 23.6 Å². The van der Waals surface area contributed by atoms with Gasteiger partial charge in [-0.3, -0.25) is 4.79 Å². The van der Waals surface area contributed by atoms with Crippen molar-refractivity contribution in [2.75, 3.05) is 13.6 Å². The van der Waals surface area contributed by atoms with Crippen LogP contribution in [-0.2, 0) is 5.88 Å². The SMILES string of the molecule is CC1CC1CN(C)C(=O)c1ccc(CCl)cc1. The van der Waals surface area contributed by atoms with Crippen molar-refractivity contribution in [1.29, 1.82) is 0 Å². The summed E-state index contributed by atoms with van der Waals surface area (Å²) >= 11 is 5.72. The second-order valence-corrected chi connectivity index (χ2v) is 5.26. The Bertz CT molecular complexity index is 401. The van der Waals surface area contributed by atoms with Gasteiger partial charge in [-0.1, -0.05) is 19.1 Å². The second kappa shape index (κ2) is 5.09. The zero-order chi connectivity index (χ0) is 12.4. The molecule has 1 aliphatic rings. The Labute approximate surface area is 108 Å². The van der Waals surface area contributed by atoms with Gasteiger partial charge in [0.25, 0.3) is 5.91 Å². The zero-order valence-corrected chi connectivity index (χ0v) is 11.1. The number of benzene rings is 1. The molecule has 0 radical (unpaired) electrons. The van der Waals surface area contributed by atoms with Gasteiger partial charge in [0.05, 0.1) is 0 Å². The summed E-state index contributed by atoms with van der Waals surface area (Å²) in [6.07, 6.45) is 1.25. The number of hydrogen-bond donors (Lipinski definition) is 0. The average Bonchev–Trinajstić information content (AvgIpc) is 3.04. The van der Waals surface area contributed by atoms with E-state index in [2.05, 4.69) is 6.92 Å². The van der Waals surface area contributed by atoms with E-state index in [9.17, 15) is 4.79 Å². The predicted molar refractivity (Wildman–Crippen MR) is 70.2 cm³/mol. The summed E-state index contributed by atoms with van der Waals surface area (Å²) in [6, 6.07) is 7.53. The smallest absolute Gasteiger partial charge is 0.253 e. The maximum atomic E-state index is 12.1. The topological polar surface area (TPSA) is 20.3 Å². The predicted octanol–water partition coefficient (Wildman–Crippen LogP) is 3.15. The van der Waals surface area contributed by atoms with Crippen LogP contribution in [0.15, 0.2) is 24.3 Å². The molecule has 17 heavy (non-hydrogen) atoms. The highest BCUT2D eigenvalue weighted by molar-refractivity contribution is 6.17. The molecule has 2 nitrogen and oxygen atoms in total. The van der Waals surface area contributed by atoms with Gasteiger partial charge in [-0.05, 0) is 36.0 Å². The Morgan fingerprint density at radius 3 is 2.47 bits per heavy atom. The molecule has 2 rings (SSSR count). The van der Waals surface area contributed by atoms with E-state index >= 15 is 0 Å². The monoisotopic (exact) mass is 251 g/mol. The van der Waals surface area contributed by atoms with Crippen molar-refractivity contribution in [3.8, 4) is 0 Å². The second-order valence-electron chi connectivity index (χ2n) is 4.99. The first-order valence-corrected chi connectivity index (χ1v) is 6.55. The number of alkyl halides is 1. The van der Waals surface area contributed by atoms with Gasteiger partial charge >= 0.3 is 0 Å². The van der Waals surface area contributed by atoms with Crippen LogP contribution in [-0.4, -0.2) is 24.4 Å². The average molecular weight is 252 g/mol. The van der Waals surface area contributed by atoms with Gasteiger partial charge in [0, 0.05) is 25.0 Å². The number of nitrogens with zero attached hydrogens (tertiary/aromatic N) is 1. The first-order valence-electron chi connectivity index (χ1n) is 6.02. The molecule has 1 aromatic carbocycles. The first kappa shape index (κ1) is 12.4. The van der Waals surface area contributed by atoms with E-state index in [0.29, 0.717) is 11.8 Å². The maximum absolute atomic E-state index is 12.1. The number of carbonyl (C=O) groups excluding carboxylic acids is 1.